The maximum atomic E-state index is 5.93. The van der Waals surface area contributed by atoms with Gasteiger partial charge in [0.2, 0.25) is 0 Å². The minimum Gasteiger partial charge on any atom is -0.497 e. The molecule has 110 valence electrons. The van der Waals surface area contributed by atoms with Crippen molar-refractivity contribution in [2.24, 2.45) is 5.92 Å². The monoisotopic (exact) mass is 285 g/mol. The number of benzene rings is 1. The van der Waals surface area contributed by atoms with Gasteiger partial charge in [-0.25, -0.2) is 4.98 Å². The predicted octanol–water partition coefficient (Wildman–Crippen LogP) is 2.67. The lowest BCUT2D eigenvalue weighted by Gasteiger charge is -2.11. The lowest BCUT2D eigenvalue weighted by atomic mass is 10.2. The van der Waals surface area contributed by atoms with E-state index in [1.54, 1.807) is 13.3 Å². The van der Waals surface area contributed by atoms with E-state index >= 15 is 0 Å². The van der Waals surface area contributed by atoms with Crippen LogP contribution in [0.1, 0.15) is 13.8 Å². The minimum absolute atomic E-state index is 0.460. The molecule has 21 heavy (non-hydrogen) atoms. The molecule has 3 N–H and O–H groups in total. The number of hydrogen-bond donors (Lipinski definition) is 2. The third-order valence-electron chi connectivity index (χ3n) is 3.41. The number of methoxy groups -OCH3 is 1. The Bertz CT molecular complexity index is 772. The molecule has 0 fully saturated rings. The van der Waals surface area contributed by atoms with Crippen LogP contribution in [0.3, 0.4) is 0 Å². The number of nitrogens with zero attached hydrogens (tertiary/aromatic N) is 3. The first kappa shape index (κ1) is 13.5. The number of aromatic nitrogens is 4. The number of hydrogen-bond acceptors (Lipinski definition) is 4. The van der Waals surface area contributed by atoms with Crippen LogP contribution < -0.4 is 10.5 Å². The third kappa shape index (κ3) is 2.33. The molecule has 0 aliphatic rings. The van der Waals surface area contributed by atoms with Gasteiger partial charge in [-0.05, 0) is 18.1 Å². The largest absolute Gasteiger partial charge is 0.497 e. The second kappa shape index (κ2) is 5.12. The van der Waals surface area contributed by atoms with Gasteiger partial charge in [0.15, 0.2) is 5.82 Å². The molecule has 0 aliphatic heterocycles. The molecule has 6 nitrogen and oxygen atoms in total. The molecule has 0 unspecified atom stereocenters. The number of imidazole rings is 1. The Kier molecular flexibility index (Phi) is 3.29. The highest BCUT2D eigenvalue weighted by molar-refractivity contribution is 5.83. The van der Waals surface area contributed by atoms with Crippen LogP contribution in [0.2, 0.25) is 0 Å². The highest BCUT2D eigenvalue weighted by atomic mass is 16.5. The van der Waals surface area contributed by atoms with Crippen LogP contribution in [-0.2, 0) is 6.54 Å². The molecule has 0 aliphatic carbocycles. The van der Waals surface area contributed by atoms with Crippen LogP contribution >= 0.6 is 0 Å². The Morgan fingerprint density at radius 2 is 2.19 bits per heavy atom. The summed E-state index contributed by atoms with van der Waals surface area (Å²) in [5.41, 5.74) is 8.72. The highest BCUT2D eigenvalue weighted by Gasteiger charge is 2.17. The van der Waals surface area contributed by atoms with Crippen LogP contribution in [0.25, 0.3) is 22.4 Å². The summed E-state index contributed by atoms with van der Waals surface area (Å²) in [7, 11) is 1.65. The Labute approximate surface area is 122 Å². The topological polar surface area (TPSA) is 81.8 Å². The van der Waals surface area contributed by atoms with Crippen molar-refractivity contribution >= 4 is 16.9 Å². The van der Waals surface area contributed by atoms with E-state index in [9.17, 15) is 0 Å². The third-order valence-corrected chi connectivity index (χ3v) is 3.41. The van der Waals surface area contributed by atoms with E-state index in [2.05, 4.69) is 28.6 Å². The number of nitrogens with one attached hydrogen (secondary N) is 1. The van der Waals surface area contributed by atoms with Crippen molar-refractivity contribution in [2.45, 2.75) is 20.4 Å². The first-order valence-electron chi connectivity index (χ1n) is 6.94. The molecule has 2 aromatic heterocycles. The Morgan fingerprint density at radius 3 is 2.81 bits per heavy atom. The number of nitrogens with two attached hydrogens (primary N) is 1. The molecule has 0 amide bonds. The molecular weight excluding hydrogens is 266 g/mol. The zero-order chi connectivity index (χ0) is 15.0. The number of H-pyrrole nitrogens is 1. The number of fused-ring (bicyclic) bond motifs is 1. The average molecular weight is 285 g/mol. The van der Waals surface area contributed by atoms with Gasteiger partial charge < -0.3 is 15.0 Å². The minimum atomic E-state index is 0.460. The fourth-order valence-electron chi connectivity index (χ4n) is 2.47. The molecule has 0 bridgehead atoms. The van der Waals surface area contributed by atoms with Crippen LogP contribution in [0, 0.1) is 5.92 Å². The number of ether oxygens (including phenoxy) is 1. The SMILES string of the molecule is COc1ccc2c(c1)nc(-c1c[nH]nc1N)n2CC(C)C. The fraction of sp³-hybridized carbons (Fsp3) is 0.333. The second-order valence-corrected chi connectivity index (χ2v) is 5.48. The van der Waals surface area contributed by atoms with E-state index < -0.39 is 0 Å². The highest BCUT2D eigenvalue weighted by Crippen LogP contribution is 2.30. The number of aromatic amines is 1. The Hall–Kier alpha value is -2.50. The summed E-state index contributed by atoms with van der Waals surface area (Å²) in [4.78, 5) is 4.72. The van der Waals surface area contributed by atoms with Crippen molar-refractivity contribution in [2.75, 3.05) is 12.8 Å². The van der Waals surface area contributed by atoms with Gasteiger partial charge >= 0.3 is 0 Å². The standard InChI is InChI=1S/C15H19N5O/c1-9(2)8-20-13-5-4-10(21-3)6-12(13)18-15(20)11-7-17-19-14(11)16/h4-7,9H,8H2,1-3H3,(H3,16,17,19). The number of anilines is 1. The second-order valence-electron chi connectivity index (χ2n) is 5.48. The van der Waals surface area contributed by atoms with Gasteiger partial charge in [0.1, 0.15) is 11.6 Å². The summed E-state index contributed by atoms with van der Waals surface area (Å²) in [6.45, 7) is 5.22. The van der Waals surface area contributed by atoms with Crippen molar-refractivity contribution < 1.29 is 4.74 Å². The zero-order valence-electron chi connectivity index (χ0n) is 12.4. The van der Waals surface area contributed by atoms with Crippen molar-refractivity contribution in [1.82, 2.24) is 19.7 Å². The van der Waals surface area contributed by atoms with Crippen LogP contribution in [0.15, 0.2) is 24.4 Å². The van der Waals surface area contributed by atoms with Crippen LogP contribution in [0.5, 0.6) is 5.75 Å². The summed E-state index contributed by atoms with van der Waals surface area (Å²) >= 11 is 0. The molecule has 0 atom stereocenters. The molecule has 0 spiro atoms. The summed E-state index contributed by atoms with van der Waals surface area (Å²) in [5, 5.41) is 6.78. The molecule has 1 aromatic carbocycles. The Morgan fingerprint density at radius 1 is 1.38 bits per heavy atom. The van der Waals surface area contributed by atoms with Gasteiger partial charge in [-0.1, -0.05) is 13.8 Å². The number of nitrogen functional groups attached to an aromatic ring is 1. The van der Waals surface area contributed by atoms with Crippen molar-refractivity contribution in [1.29, 1.82) is 0 Å². The maximum Gasteiger partial charge on any atom is 0.156 e. The van der Waals surface area contributed by atoms with Gasteiger partial charge in [-0.2, -0.15) is 5.10 Å². The van der Waals surface area contributed by atoms with Gasteiger partial charge in [-0.15, -0.1) is 0 Å². The first-order valence-corrected chi connectivity index (χ1v) is 6.94. The Balaban J connectivity index is 2.24. The molecule has 0 radical (unpaired) electrons. The van der Waals surface area contributed by atoms with Gasteiger partial charge in [0.05, 0.1) is 23.7 Å². The first-order chi connectivity index (χ1) is 10.1. The van der Waals surface area contributed by atoms with Gasteiger partial charge in [0.25, 0.3) is 0 Å². The molecule has 2 heterocycles. The summed E-state index contributed by atoms with van der Waals surface area (Å²) in [6, 6.07) is 5.92. The van der Waals surface area contributed by atoms with E-state index in [0.717, 1.165) is 34.7 Å². The van der Waals surface area contributed by atoms with E-state index in [-0.39, 0.29) is 0 Å². The fourth-order valence-corrected chi connectivity index (χ4v) is 2.47. The van der Waals surface area contributed by atoms with Gasteiger partial charge in [0, 0.05) is 18.8 Å². The van der Waals surface area contributed by atoms with Gasteiger partial charge in [-0.3, -0.25) is 5.10 Å². The van der Waals surface area contributed by atoms with E-state index in [1.165, 1.54) is 0 Å². The quantitative estimate of drug-likeness (QED) is 0.772. The van der Waals surface area contributed by atoms with Crippen molar-refractivity contribution in [3.8, 4) is 17.1 Å². The van der Waals surface area contributed by atoms with E-state index in [1.807, 2.05) is 18.2 Å². The predicted molar refractivity (Wildman–Crippen MR) is 83.1 cm³/mol. The maximum absolute atomic E-state index is 5.93. The zero-order valence-corrected chi connectivity index (χ0v) is 12.4. The van der Waals surface area contributed by atoms with Crippen LogP contribution in [-0.4, -0.2) is 26.9 Å². The molecule has 0 saturated carbocycles. The summed E-state index contributed by atoms with van der Waals surface area (Å²) in [6.07, 6.45) is 1.78. The van der Waals surface area contributed by atoms with E-state index in [4.69, 9.17) is 15.5 Å². The molecular formula is C15H19N5O. The number of rotatable bonds is 4. The summed E-state index contributed by atoms with van der Waals surface area (Å²) < 4.78 is 7.46. The van der Waals surface area contributed by atoms with Crippen molar-refractivity contribution in [3.05, 3.63) is 24.4 Å². The lowest BCUT2D eigenvalue weighted by Crippen LogP contribution is -2.06. The average Bonchev–Trinajstić information content (AvgIpc) is 3.02. The summed E-state index contributed by atoms with van der Waals surface area (Å²) in [5.74, 6) is 2.58. The smallest absolute Gasteiger partial charge is 0.156 e. The normalized spacial score (nSPS) is 11.4. The van der Waals surface area contributed by atoms with Crippen LogP contribution in [0.4, 0.5) is 5.82 Å². The van der Waals surface area contributed by atoms with Crippen molar-refractivity contribution in [3.63, 3.8) is 0 Å². The molecule has 6 heteroatoms. The molecule has 3 aromatic rings. The van der Waals surface area contributed by atoms with E-state index in [0.29, 0.717) is 11.7 Å². The molecule has 3 rings (SSSR count). The molecule has 0 saturated heterocycles. The lowest BCUT2D eigenvalue weighted by molar-refractivity contribution is 0.415.